The first kappa shape index (κ1) is 17.4. The maximum Gasteiger partial charge on any atom is 0.416 e. The predicted molar refractivity (Wildman–Crippen MR) is 94.5 cm³/mol. The Labute approximate surface area is 149 Å². The molecule has 0 heterocycles. The molecule has 0 aromatic heterocycles. The summed E-state index contributed by atoms with van der Waals surface area (Å²) in [5.74, 6) is 0. The Hall–Kier alpha value is -2.46. The van der Waals surface area contributed by atoms with Crippen LogP contribution in [0.25, 0.3) is 11.1 Å². The summed E-state index contributed by atoms with van der Waals surface area (Å²) in [5, 5.41) is 3.80. The predicted octanol–water partition coefficient (Wildman–Crippen LogP) is 6.44. The van der Waals surface area contributed by atoms with Crippen molar-refractivity contribution in [1.82, 2.24) is 0 Å². The van der Waals surface area contributed by atoms with Gasteiger partial charge < -0.3 is 5.32 Å². The molecule has 25 heavy (non-hydrogen) atoms. The summed E-state index contributed by atoms with van der Waals surface area (Å²) in [6, 6.07) is 21.4. The van der Waals surface area contributed by atoms with Crippen LogP contribution in [-0.2, 0) is 12.7 Å². The lowest BCUT2D eigenvalue weighted by molar-refractivity contribution is -0.137. The van der Waals surface area contributed by atoms with E-state index >= 15 is 0 Å². The van der Waals surface area contributed by atoms with Gasteiger partial charge in [0.2, 0.25) is 0 Å². The van der Waals surface area contributed by atoms with Gasteiger partial charge in [0.15, 0.2) is 0 Å². The van der Waals surface area contributed by atoms with Crippen LogP contribution in [0.2, 0.25) is 5.02 Å². The van der Waals surface area contributed by atoms with E-state index in [0.717, 1.165) is 28.8 Å². The lowest BCUT2D eigenvalue weighted by Gasteiger charge is -2.10. The van der Waals surface area contributed by atoms with Crippen molar-refractivity contribution in [3.63, 3.8) is 0 Å². The lowest BCUT2D eigenvalue weighted by atomic mass is 10.0. The molecular weight excluding hydrogens is 347 g/mol. The van der Waals surface area contributed by atoms with Crippen LogP contribution in [0.1, 0.15) is 11.1 Å². The average molecular weight is 361 g/mol. The van der Waals surface area contributed by atoms with Crippen molar-refractivity contribution < 1.29 is 13.2 Å². The molecule has 0 aliphatic heterocycles. The standard InChI is InChI=1S/C20H14ClF3N/c21-18-8-4-15(5-9-18)16-3-1-2-14(12-16)13-25-19-10-6-17(7-11-19)20(22,23)24/h1-2,4-12,25H,13H2. The Balaban J connectivity index is 1.69. The summed E-state index contributed by atoms with van der Waals surface area (Å²) in [6.45, 7) is 0.501. The molecule has 0 atom stereocenters. The smallest absolute Gasteiger partial charge is 0.381 e. The van der Waals surface area contributed by atoms with Crippen LogP contribution in [-0.4, -0.2) is 0 Å². The minimum atomic E-state index is -4.32. The number of rotatable bonds is 4. The van der Waals surface area contributed by atoms with E-state index < -0.39 is 11.7 Å². The molecule has 0 unspecified atom stereocenters. The fourth-order valence-corrected chi connectivity index (χ4v) is 2.53. The molecule has 3 aromatic rings. The third kappa shape index (κ3) is 4.54. The minimum Gasteiger partial charge on any atom is -0.381 e. The summed E-state index contributed by atoms with van der Waals surface area (Å²) >= 11 is 5.90. The second-order valence-corrected chi connectivity index (χ2v) is 5.98. The highest BCUT2D eigenvalue weighted by molar-refractivity contribution is 6.30. The Kier molecular flexibility index (Phi) is 5.00. The van der Waals surface area contributed by atoms with Gasteiger partial charge >= 0.3 is 6.18 Å². The molecule has 0 saturated heterocycles. The summed E-state index contributed by atoms with van der Waals surface area (Å²) in [4.78, 5) is 0. The van der Waals surface area contributed by atoms with Crippen LogP contribution in [0.5, 0.6) is 0 Å². The first-order valence-corrected chi connectivity index (χ1v) is 7.97. The number of hydrogen-bond acceptors (Lipinski definition) is 1. The Bertz CT molecular complexity index is 840. The highest BCUT2D eigenvalue weighted by atomic mass is 35.5. The van der Waals surface area contributed by atoms with Crippen molar-refractivity contribution >= 4 is 17.3 Å². The van der Waals surface area contributed by atoms with Gasteiger partial charge in [-0.15, -0.1) is 0 Å². The van der Waals surface area contributed by atoms with Crippen LogP contribution in [0.15, 0.2) is 66.7 Å². The molecule has 1 N–H and O–H groups in total. The minimum absolute atomic E-state index is 0.501. The largest absolute Gasteiger partial charge is 0.416 e. The molecule has 0 bridgehead atoms. The van der Waals surface area contributed by atoms with Crippen LogP contribution in [0.3, 0.4) is 0 Å². The monoisotopic (exact) mass is 360 g/mol. The van der Waals surface area contributed by atoms with Gasteiger partial charge in [0, 0.05) is 17.3 Å². The maximum atomic E-state index is 12.6. The van der Waals surface area contributed by atoms with Gasteiger partial charge in [0.1, 0.15) is 0 Å². The number of anilines is 1. The number of hydrogen-bond donors (Lipinski definition) is 1. The fourth-order valence-electron chi connectivity index (χ4n) is 2.40. The van der Waals surface area contributed by atoms with Gasteiger partial charge in [0.25, 0.3) is 0 Å². The van der Waals surface area contributed by atoms with E-state index in [0.29, 0.717) is 17.3 Å². The highest BCUT2D eigenvalue weighted by Gasteiger charge is 2.29. The molecule has 0 aliphatic rings. The van der Waals surface area contributed by atoms with Gasteiger partial charge in [-0.05, 0) is 65.2 Å². The number of benzene rings is 3. The van der Waals surface area contributed by atoms with Crippen molar-refractivity contribution in [2.24, 2.45) is 0 Å². The van der Waals surface area contributed by atoms with Crippen LogP contribution in [0, 0.1) is 6.07 Å². The molecule has 0 fully saturated rings. The number of alkyl halides is 3. The van der Waals surface area contributed by atoms with E-state index in [1.807, 2.05) is 42.5 Å². The zero-order valence-electron chi connectivity index (χ0n) is 13.1. The molecule has 0 amide bonds. The molecule has 3 aromatic carbocycles. The average Bonchev–Trinajstić information content (AvgIpc) is 2.60. The van der Waals surface area contributed by atoms with Crippen molar-refractivity contribution in [1.29, 1.82) is 0 Å². The summed E-state index contributed by atoms with van der Waals surface area (Å²) in [5.41, 5.74) is 2.92. The van der Waals surface area contributed by atoms with E-state index in [9.17, 15) is 13.2 Å². The number of nitrogens with one attached hydrogen (secondary N) is 1. The molecule has 0 saturated carbocycles. The van der Waals surface area contributed by atoms with Gasteiger partial charge in [-0.25, -0.2) is 0 Å². The van der Waals surface area contributed by atoms with Crippen molar-refractivity contribution in [3.05, 3.63) is 88.9 Å². The van der Waals surface area contributed by atoms with E-state index in [1.54, 1.807) is 0 Å². The van der Waals surface area contributed by atoms with E-state index in [4.69, 9.17) is 11.6 Å². The van der Waals surface area contributed by atoms with E-state index in [1.165, 1.54) is 12.1 Å². The van der Waals surface area contributed by atoms with Gasteiger partial charge in [-0.2, -0.15) is 13.2 Å². The van der Waals surface area contributed by atoms with Crippen LogP contribution < -0.4 is 5.32 Å². The third-order valence-corrected chi connectivity index (χ3v) is 3.98. The normalized spacial score (nSPS) is 11.4. The molecule has 127 valence electrons. The van der Waals surface area contributed by atoms with E-state index in [-0.39, 0.29) is 0 Å². The topological polar surface area (TPSA) is 12.0 Å². The SMILES string of the molecule is FC(F)(F)c1ccc(NCc2cc[c]c(-c3ccc(Cl)cc3)c2)cc1. The van der Waals surface area contributed by atoms with Gasteiger partial charge in [-0.3, -0.25) is 0 Å². The molecule has 3 rings (SSSR count). The summed E-state index contributed by atoms with van der Waals surface area (Å²) in [6.07, 6.45) is -4.32. The van der Waals surface area contributed by atoms with Crippen LogP contribution in [0.4, 0.5) is 18.9 Å². The first-order chi connectivity index (χ1) is 11.9. The fraction of sp³-hybridized carbons (Fsp3) is 0.100. The summed E-state index contributed by atoms with van der Waals surface area (Å²) < 4.78 is 37.7. The van der Waals surface area contributed by atoms with Crippen molar-refractivity contribution in [2.45, 2.75) is 12.7 Å². The molecule has 0 spiro atoms. The molecule has 5 heteroatoms. The second-order valence-electron chi connectivity index (χ2n) is 5.55. The van der Waals surface area contributed by atoms with Crippen molar-refractivity contribution in [2.75, 3.05) is 5.32 Å². The third-order valence-electron chi connectivity index (χ3n) is 3.73. The van der Waals surface area contributed by atoms with Gasteiger partial charge in [-0.1, -0.05) is 35.9 Å². The molecule has 0 aliphatic carbocycles. The zero-order chi connectivity index (χ0) is 17.9. The number of halogens is 4. The summed E-state index contributed by atoms with van der Waals surface area (Å²) in [7, 11) is 0. The molecule has 1 nitrogen and oxygen atoms in total. The lowest BCUT2D eigenvalue weighted by Crippen LogP contribution is -2.05. The molecular formula is C20H14ClF3N. The van der Waals surface area contributed by atoms with Crippen molar-refractivity contribution in [3.8, 4) is 11.1 Å². The maximum absolute atomic E-state index is 12.6. The Morgan fingerprint density at radius 2 is 1.60 bits per heavy atom. The first-order valence-electron chi connectivity index (χ1n) is 7.59. The Morgan fingerprint density at radius 3 is 2.24 bits per heavy atom. The highest BCUT2D eigenvalue weighted by Crippen LogP contribution is 2.30. The second kappa shape index (κ2) is 7.19. The quantitative estimate of drug-likeness (QED) is 0.564. The molecule has 1 radical (unpaired) electrons. The van der Waals surface area contributed by atoms with Crippen LogP contribution >= 0.6 is 11.6 Å². The zero-order valence-corrected chi connectivity index (χ0v) is 13.8. The van der Waals surface area contributed by atoms with E-state index in [2.05, 4.69) is 11.4 Å². The Morgan fingerprint density at radius 1 is 0.920 bits per heavy atom. The van der Waals surface area contributed by atoms with Gasteiger partial charge in [0.05, 0.1) is 5.56 Å².